The summed E-state index contributed by atoms with van der Waals surface area (Å²) in [5, 5.41) is 6.64. The lowest BCUT2D eigenvalue weighted by molar-refractivity contribution is 0.554. The van der Waals surface area contributed by atoms with Gasteiger partial charge in [-0.1, -0.05) is 13.8 Å². The molecule has 68 valence electrons. The predicted molar refractivity (Wildman–Crippen MR) is 53.5 cm³/mol. The number of hydrogen-bond acceptors (Lipinski definition) is 3. The van der Waals surface area contributed by atoms with E-state index in [0.717, 1.165) is 25.4 Å². The van der Waals surface area contributed by atoms with Gasteiger partial charge in [0.2, 0.25) is 0 Å². The summed E-state index contributed by atoms with van der Waals surface area (Å²) in [6, 6.07) is 0. The van der Waals surface area contributed by atoms with E-state index in [0.29, 0.717) is 0 Å². The van der Waals surface area contributed by atoms with E-state index in [4.69, 9.17) is 0 Å². The third-order valence-corrected chi connectivity index (χ3v) is 2.39. The van der Waals surface area contributed by atoms with Gasteiger partial charge in [-0.05, 0) is 12.5 Å². The molecule has 0 saturated heterocycles. The Morgan fingerprint density at radius 1 is 1.58 bits per heavy atom. The van der Waals surface area contributed by atoms with Gasteiger partial charge in [0.25, 0.3) is 0 Å². The highest BCUT2D eigenvalue weighted by atomic mass is 32.1. The Labute approximate surface area is 78.0 Å². The van der Waals surface area contributed by atoms with Crippen LogP contribution in [0.2, 0.25) is 0 Å². The van der Waals surface area contributed by atoms with E-state index in [1.54, 1.807) is 11.3 Å². The molecule has 0 atom stereocenters. The Kier molecular flexibility index (Phi) is 4.25. The molecule has 1 rings (SSSR count). The molecule has 1 aromatic heterocycles. The van der Waals surface area contributed by atoms with Gasteiger partial charge in [-0.3, -0.25) is 0 Å². The van der Waals surface area contributed by atoms with Gasteiger partial charge in [-0.25, -0.2) is 4.98 Å². The zero-order valence-electron chi connectivity index (χ0n) is 7.71. The first-order chi connectivity index (χ1) is 5.79. The number of nitrogens with one attached hydrogen (secondary N) is 1. The summed E-state index contributed by atoms with van der Waals surface area (Å²) in [5.74, 6) is 0.737. The maximum Gasteiger partial charge on any atom is 0.0937 e. The van der Waals surface area contributed by atoms with Crippen molar-refractivity contribution in [1.82, 2.24) is 10.3 Å². The second-order valence-corrected chi connectivity index (χ2v) is 4.25. The molecule has 3 heteroatoms. The number of hydrogen-bond donors (Lipinski definition) is 1. The molecule has 0 bridgehead atoms. The molecule has 0 aliphatic carbocycles. The predicted octanol–water partition coefficient (Wildman–Crippen LogP) is 1.93. The Balaban J connectivity index is 2.04. The van der Waals surface area contributed by atoms with Crippen LogP contribution in [0, 0.1) is 5.92 Å². The summed E-state index contributed by atoms with van der Waals surface area (Å²) in [6.07, 6.45) is 2.92. The minimum absolute atomic E-state index is 0.737. The molecule has 0 saturated carbocycles. The third kappa shape index (κ3) is 3.83. The van der Waals surface area contributed by atoms with Crippen LogP contribution in [0.1, 0.15) is 18.9 Å². The summed E-state index contributed by atoms with van der Waals surface area (Å²) in [4.78, 5) is 4.21. The molecule has 0 aliphatic heterocycles. The molecular weight excluding hydrogens is 168 g/mol. The monoisotopic (exact) mass is 184 g/mol. The topological polar surface area (TPSA) is 24.9 Å². The molecule has 0 aliphatic rings. The van der Waals surface area contributed by atoms with Gasteiger partial charge >= 0.3 is 0 Å². The van der Waals surface area contributed by atoms with E-state index in [2.05, 4.69) is 24.1 Å². The van der Waals surface area contributed by atoms with Crippen LogP contribution in [0.15, 0.2) is 11.6 Å². The molecule has 0 spiro atoms. The van der Waals surface area contributed by atoms with Crippen molar-refractivity contribution in [2.24, 2.45) is 5.92 Å². The molecule has 0 amide bonds. The van der Waals surface area contributed by atoms with Gasteiger partial charge in [-0.2, -0.15) is 0 Å². The van der Waals surface area contributed by atoms with Crippen LogP contribution in [-0.4, -0.2) is 18.1 Å². The van der Waals surface area contributed by atoms with E-state index in [-0.39, 0.29) is 0 Å². The van der Waals surface area contributed by atoms with Crippen LogP contribution in [0.5, 0.6) is 0 Å². The lowest BCUT2D eigenvalue weighted by Crippen LogP contribution is -2.21. The summed E-state index contributed by atoms with van der Waals surface area (Å²) < 4.78 is 0. The molecular formula is C9H16N2S. The number of thiazole rings is 1. The number of aromatic nitrogens is 1. The lowest BCUT2D eigenvalue weighted by Gasteiger charge is -2.05. The van der Waals surface area contributed by atoms with Crippen LogP contribution in [0.3, 0.4) is 0 Å². The average Bonchev–Trinajstić information content (AvgIpc) is 2.49. The van der Waals surface area contributed by atoms with Gasteiger partial charge in [-0.15, -0.1) is 11.3 Å². The number of nitrogens with zero attached hydrogens (tertiary/aromatic N) is 1. The van der Waals surface area contributed by atoms with Crippen molar-refractivity contribution in [2.75, 3.05) is 13.1 Å². The van der Waals surface area contributed by atoms with Gasteiger partial charge in [0.1, 0.15) is 0 Å². The van der Waals surface area contributed by atoms with E-state index >= 15 is 0 Å². The Hall–Kier alpha value is -0.410. The van der Waals surface area contributed by atoms with Crippen LogP contribution in [-0.2, 0) is 6.42 Å². The fraction of sp³-hybridized carbons (Fsp3) is 0.667. The lowest BCUT2D eigenvalue weighted by atomic mass is 10.2. The van der Waals surface area contributed by atoms with Crippen LogP contribution in [0.4, 0.5) is 0 Å². The summed E-state index contributed by atoms with van der Waals surface area (Å²) in [7, 11) is 0. The van der Waals surface area contributed by atoms with Gasteiger partial charge in [0, 0.05) is 24.5 Å². The fourth-order valence-corrected chi connectivity index (χ4v) is 1.58. The second-order valence-electron chi connectivity index (χ2n) is 3.27. The largest absolute Gasteiger partial charge is 0.316 e. The second kappa shape index (κ2) is 5.27. The summed E-state index contributed by atoms with van der Waals surface area (Å²) in [5.41, 5.74) is 0. The molecule has 0 unspecified atom stereocenters. The van der Waals surface area contributed by atoms with E-state index in [1.807, 2.05) is 11.6 Å². The van der Waals surface area contributed by atoms with Crippen molar-refractivity contribution in [2.45, 2.75) is 20.3 Å². The van der Waals surface area contributed by atoms with E-state index in [1.165, 1.54) is 5.01 Å². The quantitative estimate of drug-likeness (QED) is 0.707. The maximum atomic E-state index is 4.21. The smallest absolute Gasteiger partial charge is 0.0937 e. The molecule has 1 aromatic rings. The molecule has 2 nitrogen and oxygen atoms in total. The Bertz CT molecular complexity index is 194. The minimum atomic E-state index is 0.737. The van der Waals surface area contributed by atoms with Crippen molar-refractivity contribution in [3.63, 3.8) is 0 Å². The molecule has 12 heavy (non-hydrogen) atoms. The van der Waals surface area contributed by atoms with Gasteiger partial charge < -0.3 is 5.32 Å². The third-order valence-electron chi connectivity index (χ3n) is 1.55. The van der Waals surface area contributed by atoms with Crippen molar-refractivity contribution < 1.29 is 0 Å². The zero-order valence-corrected chi connectivity index (χ0v) is 8.53. The van der Waals surface area contributed by atoms with Crippen molar-refractivity contribution in [3.8, 4) is 0 Å². The zero-order chi connectivity index (χ0) is 8.81. The van der Waals surface area contributed by atoms with Crippen molar-refractivity contribution >= 4 is 11.3 Å². The molecule has 0 radical (unpaired) electrons. The maximum absolute atomic E-state index is 4.21. The Morgan fingerprint density at radius 2 is 2.42 bits per heavy atom. The molecule has 1 heterocycles. The van der Waals surface area contributed by atoms with Crippen molar-refractivity contribution in [1.29, 1.82) is 0 Å². The average molecular weight is 184 g/mol. The highest BCUT2D eigenvalue weighted by molar-refractivity contribution is 7.09. The highest BCUT2D eigenvalue weighted by Crippen LogP contribution is 2.03. The van der Waals surface area contributed by atoms with Crippen molar-refractivity contribution in [3.05, 3.63) is 16.6 Å². The van der Waals surface area contributed by atoms with E-state index in [9.17, 15) is 0 Å². The Morgan fingerprint density at radius 3 is 3.00 bits per heavy atom. The fourth-order valence-electron chi connectivity index (χ4n) is 0.962. The minimum Gasteiger partial charge on any atom is -0.316 e. The molecule has 0 aromatic carbocycles. The first-order valence-corrected chi connectivity index (χ1v) is 5.26. The SMILES string of the molecule is CC(C)CNCCc1nccs1. The molecule has 0 fully saturated rings. The summed E-state index contributed by atoms with van der Waals surface area (Å²) in [6.45, 7) is 6.59. The van der Waals surface area contributed by atoms with Crippen LogP contribution in [0.25, 0.3) is 0 Å². The highest BCUT2D eigenvalue weighted by Gasteiger charge is 1.95. The van der Waals surface area contributed by atoms with E-state index < -0.39 is 0 Å². The van der Waals surface area contributed by atoms with Gasteiger partial charge in [0.05, 0.1) is 5.01 Å². The molecule has 1 N–H and O–H groups in total. The summed E-state index contributed by atoms with van der Waals surface area (Å²) >= 11 is 1.73. The number of rotatable bonds is 5. The van der Waals surface area contributed by atoms with Crippen LogP contribution >= 0.6 is 11.3 Å². The van der Waals surface area contributed by atoms with Crippen LogP contribution < -0.4 is 5.32 Å². The van der Waals surface area contributed by atoms with Gasteiger partial charge in [0.15, 0.2) is 0 Å². The normalized spacial score (nSPS) is 10.9. The standard InChI is InChI=1S/C9H16N2S/c1-8(2)7-10-4-3-9-11-5-6-12-9/h5-6,8,10H,3-4,7H2,1-2H3. The first kappa shape index (κ1) is 9.68. The first-order valence-electron chi connectivity index (χ1n) is 4.38.